The molecule has 1 aromatic carbocycles. The Morgan fingerprint density at radius 2 is 1.85 bits per heavy atom. The Bertz CT molecular complexity index is 674. The van der Waals surface area contributed by atoms with Gasteiger partial charge in [0.25, 0.3) is 11.5 Å². The van der Waals surface area contributed by atoms with E-state index in [1.165, 1.54) is 11.0 Å². The highest BCUT2D eigenvalue weighted by Gasteiger charge is 2.15. The molecule has 2 aromatic rings. The molecule has 5 nitrogen and oxygen atoms in total. The lowest BCUT2D eigenvalue weighted by atomic mass is 10.2. The Morgan fingerprint density at radius 1 is 1.20 bits per heavy atom. The van der Waals surface area contributed by atoms with E-state index in [2.05, 4.69) is 4.98 Å². The van der Waals surface area contributed by atoms with E-state index in [1.807, 2.05) is 0 Å². The van der Waals surface area contributed by atoms with E-state index >= 15 is 0 Å². The zero-order valence-corrected chi connectivity index (χ0v) is 11.4. The van der Waals surface area contributed by atoms with Crippen LogP contribution in [0.5, 0.6) is 5.75 Å². The van der Waals surface area contributed by atoms with Gasteiger partial charge in [-0.25, -0.2) is 0 Å². The van der Waals surface area contributed by atoms with Crippen LogP contribution in [0.2, 0.25) is 0 Å². The van der Waals surface area contributed by atoms with Gasteiger partial charge in [-0.3, -0.25) is 9.59 Å². The Morgan fingerprint density at radius 3 is 2.45 bits per heavy atom. The van der Waals surface area contributed by atoms with Crippen molar-refractivity contribution in [2.45, 2.75) is 13.5 Å². The third-order valence-corrected chi connectivity index (χ3v) is 2.99. The van der Waals surface area contributed by atoms with Crippen molar-refractivity contribution in [3.63, 3.8) is 0 Å². The molecule has 0 fully saturated rings. The van der Waals surface area contributed by atoms with Crippen LogP contribution in [0.1, 0.15) is 21.6 Å². The van der Waals surface area contributed by atoms with Crippen molar-refractivity contribution in [3.8, 4) is 5.75 Å². The van der Waals surface area contributed by atoms with Crippen LogP contribution < -0.4 is 5.56 Å². The van der Waals surface area contributed by atoms with Crippen LogP contribution in [0.4, 0.5) is 0 Å². The summed E-state index contributed by atoms with van der Waals surface area (Å²) in [5, 5.41) is 9.21. The lowest BCUT2D eigenvalue weighted by Crippen LogP contribution is -2.31. The van der Waals surface area contributed by atoms with Gasteiger partial charge >= 0.3 is 0 Å². The van der Waals surface area contributed by atoms with E-state index in [0.29, 0.717) is 12.2 Å². The SMILES string of the molecule is Cc1ccc(C(=O)N(C)Cc2ccc(O)cc2)c(=O)[nH]1. The number of H-pyrrole nitrogens is 1. The Hall–Kier alpha value is -2.56. The van der Waals surface area contributed by atoms with Crippen LogP contribution in [-0.4, -0.2) is 27.9 Å². The fraction of sp³-hybridized carbons (Fsp3) is 0.200. The van der Waals surface area contributed by atoms with Gasteiger partial charge in [0, 0.05) is 19.3 Å². The Labute approximate surface area is 116 Å². The number of phenols is 1. The maximum Gasteiger partial charge on any atom is 0.260 e. The lowest BCUT2D eigenvalue weighted by Gasteiger charge is -2.17. The molecule has 0 saturated carbocycles. The molecule has 5 heteroatoms. The quantitative estimate of drug-likeness (QED) is 0.892. The summed E-state index contributed by atoms with van der Waals surface area (Å²) in [6.07, 6.45) is 0. The van der Waals surface area contributed by atoms with Crippen molar-refractivity contribution in [2.24, 2.45) is 0 Å². The van der Waals surface area contributed by atoms with Crippen LogP contribution in [0, 0.1) is 6.92 Å². The number of nitrogens with zero attached hydrogens (tertiary/aromatic N) is 1. The van der Waals surface area contributed by atoms with Gasteiger partial charge in [-0.2, -0.15) is 0 Å². The molecular formula is C15H16N2O3. The van der Waals surface area contributed by atoms with Gasteiger partial charge in [0.2, 0.25) is 0 Å². The first kappa shape index (κ1) is 13.9. The second-order valence-electron chi connectivity index (χ2n) is 4.71. The maximum atomic E-state index is 12.2. The Kier molecular flexibility index (Phi) is 3.89. The number of aromatic hydroxyl groups is 1. The molecule has 0 aliphatic carbocycles. The second kappa shape index (κ2) is 5.61. The van der Waals surface area contributed by atoms with Crippen molar-refractivity contribution < 1.29 is 9.90 Å². The van der Waals surface area contributed by atoms with E-state index in [0.717, 1.165) is 5.56 Å². The molecule has 0 aliphatic rings. The molecule has 0 spiro atoms. The van der Waals surface area contributed by atoms with Crippen LogP contribution in [-0.2, 0) is 6.54 Å². The van der Waals surface area contributed by atoms with Crippen molar-refractivity contribution in [1.82, 2.24) is 9.88 Å². The summed E-state index contributed by atoms with van der Waals surface area (Å²) in [6.45, 7) is 2.13. The van der Waals surface area contributed by atoms with Gasteiger partial charge in [-0.05, 0) is 36.8 Å². The first-order valence-corrected chi connectivity index (χ1v) is 6.20. The first-order chi connectivity index (χ1) is 9.47. The van der Waals surface area contributed by atoms with Crippen molar-refractivity contribution in [1.29, 1.82) is 0 Å². The smallest absolute Gasteiger partial charge is 0.260 e. The number of carbonyl (C=O) groups is 1. The number of hydrogen-bond donors (Lipinski definition) is 2. The van der Waals surface area contributed by atoms with Crippen LogP contribution in [0.3, 0.4) is 0 Å². The predicted octanol–water partition coefficient (Wildman–Crippen LogP) is 1.66. The molecule has 0 aliphatic heterocycles. The van der Waals surface area contributed by atoms with Gasteiger partial charge in [-0.1, -0.05) is 12.1 Å². The number of phenolic OH excluding ortho intramolecular Hbond substituents is 1. The number of rotatable bonds is 3. The number of aromatic amines is 1. The average molecular weight is 272 g/mol. The topological polar surface area (TPSA) is 73.4 Å². The Balaban J connectivity index is 2.16. The second-order valence-corrected chi connectivity index (χ2v) is 4.71. The highest BCUT2D eigenvalue weighted by molar-refractivity contribution is 5.93. The van der Waals surface area contributed by atoms with Crippen LogP contribution in [0.25, 0.3) is 0 Å². The molecule has 2 rings (SSSR count). The summed E-state index contributed by atoms with van der Waals surface area (Å²) >= 11 is 0. The number of pyridine rings is 1. The number of carbonyl (C=O) groups excluding carboxylic acids is 1. The number of amides is 1. The molecule has 1 heterocycles. The summed E-state index contributed by atoms with van der Waals surface area (Å²) in [4.78, 5) is 28.0. The summed E-state index contributed by atoms with van der Waals surface area (Å²) in [5.41, 5.74) is 1.33. The van der Waals surface area contributed by atoms with Gasteiger partial charge in [-0.15, -0.1) is 0 Å². The molecule has 20 heavy (non-hydrogen) atoms. The van der Waals surface area contributed by atoms with Gasteiger partial charge in [0.05, 0.1) is 0 Å². The molecule has 1 aromatic heterocycles. The zero-order valence-electron chi connectivity index (χ0n) is 11.4. The monoisotopic (exact) mass is 272 g/mol. The summed E-state index contributed by atoms with van der Waals surface area (Å²) < 4.78 is 0. The average Bonchev–Trinajstić information content (AvgIpc) is 2.40. The number of nitrogens with one attached hydrogen (secondary N) is 1. The van der Waals surface area contributed by atoms with Crippen molar-refractivity contribution in [3.05, 3.63) is 63.6 Å². The molecule has 0 bridgehead atoms. The standard InChI is InChI=1S/C15H16N2O3/c1-10-3-8-13(14(19)16-10)15(20)17(2)9-11-4-6-12(18)7-5-11/h3-8,18H,9H2,1-2H3,(H,16,19). The van der Waals surface area contributed by atoms with E-state index in [9.17, 15) is 14.7 Å². The minimum absolute atomic E-state index is 0.122. The fourth-order valence-electron chi connectivity index (χ4n) is 1.89. The highest BCUT2D eigenvalue weighted by Crippen LogP contribution is 2.12. The number of hydrogen-bond acceptors (Lipinski definition) is 3. The van der Waals surface area contributed by atoms with E-state index in [4.69, 9.17) is 0 Å². The zero-order chi connectivity index (χ0) is 14.7. The normalized spacial score (nSPS) is 10.3. The first-order valence-electron chi connectivity index (χ1n) is 6.20. The van der Waals surface area contributed by atoms with E-state index in [1.54, 1.807) is 44.3 Å². The molecule has 0 atom stereocenters. The van der Waals surface area contributed by atoms with Crippen LogP contribution in [0.15, 0.2) is 41.2 Å². The van der Waals surface area contributed by atoms with Crippen molar-refractivity contribution >= 4 is 5.91 Å². The molecular weight excluding hydrogens is 256 g/mol. The highest BCUT2D eigenvalue weighted by atomic mass is 16.3. The summed E-state index contributed by atoms with van der Waals surface area (Å²) in [6, 6.07) is 9.82. The maximum absolute atomic E-state index is 12.2. The van der Waals surface area contributed by atoms with Crippen LogP contribution >= 0.6 is 0 Å². The fourth-order valence-corrected chi connectivity index (χ4v) is 1.89. The summed E-state index contributed by atoms with van der Waals surface area (Å²) in [5.74, 6) is -0.156. The minimum atomic E-state index is -0.382. The third kappa shape index (κ3) is 3.06. The van der Waals surface area contributed by atoms with E-state index < -0.39 is 0 Å². The van der Waals surface area contributed by atoms with E-state index in [-0.39, 0.29) is 22.8 Å². The lowest BCUT2D eigenvalue weighted by molar-refractivity contribution is 0.0783. The molecule has 0 unspecified atom stereocenters. The minimum Gasteiger partial charge on any atom is -0.508 e. The summed E-state index contributed by atoms with van der Waals surface area (Å²) in [7, 11) is 1.63. The number of aromatic nitrogens is 1. The third-order valence-electron chi connectivity index (χ3n) is 2.99. The number of aryl methyl sites for hydroxylation is 1. The van der Waals surface area contributed by atoms with Gasteiger partial charge in [0.1, 0.15) is 11.3 Å². The van der Waals surface area contributed by atoms with Crippen molar-refractivity contribution in [2.75, 3.05) is 7.05 Å². The molecule has 0 saturated heterocycles. The number of benzene rings is 1. The molecule has 2 N–H and O–H groups in total. The molecule has 0 radical (unpaired) electrons. The van der Waals surface area contributed by atoms with Gasteiger partial charge < -0.3 is 15.0 Å². The molecule has 104 valence electrons. The van der Waals surface area contributed by atoms with Gasteiger partial charge in [0.15, 0.2) is 0 Å². The largest absolute Gasteiger partial charge is 0.508 e. The molecule has 1 amide bonds. The predicted molar refractivity (Wildman–Crippen MR) is 75.7 cm³/mol.